The lowest BCUT2D eigenvalue weighted by Crippen LogP contribution is -2.03. The van der Waals surface area contributed by atoms with Gasteiger partial charge in [0.15, 0.2) is 0 Å². The first-order valence-electron chi connectivity index (χ1n) is 12.4. The second-order valence-corrected chi connectivity index (χ2v) is 8.78. The van der Waals surface area contributed by atoms with E-state index < -0.39 is 0 Å². The van der Waals surface area contributed by atoms with Gasteiger partial charge in [-0.3, -0.25) is 0 Å². The van der Waals surface area contributed by atoms with Crippen molar-refractivity contribution in [3.63, 3.8) is 0 Å². The maximum Gasteiger partial charge on any atom is -0.0159 e. The molecule has 0 spiro atoms. The molecule has 0 fully saturated rings. The zero-order chi connectivity index (χ0) is 20.7. The van der Waals surface area contributed by atoms with Crippen molar-refractivity contribution in [3.05, 3.63) is 71.3 Å². The van der Waals surface area contributed by atoms with E-state index in [0.29, 0.717) is 0 Å². The Balaban J connectivity index is 1.69. The molecule has 0 radical (unpaired) electrons. The van der Waals surface area contributed by atoms with Crippen LogP contribution in [0.2, 0.25) is 0 Å². The summed E-state index contributed by atoms with van der Waals surface area (Å²) in [7, 11) is 0. The lowest BCUT2D eigenvalue weighted by molar-refractivity contribution is 0.489. The summed E-state index contributed by atoms with van der Waals surface area (Å²) in [5.74, 6) is 1.53. The first-order chi connectivity index (χ1) is 14.3. The lowest BCUT2D eigenvalue weighted by Gasteiger charge is -2.20. The second kappa shape index (κ2) is 14.4. The van der Waals surface area contributed by atoms with Crippen molar-refractivity contribution in [2.75, 3.05) is 0 Å². The summed E-state index contributed by atoms with van der Waals surface area (Å²) in [5, 5.41) is 0. The quantitative estimate of drug-likeness (QED) is 0.265. The van der Waals surface area contributed by atoms with Crippen molar-refractivity contribution in [1.82, 2.24) is 0 Å². The van der Waals surface area contributed by atoms with Crippen LogP contribution in [0.5, 0.6) is 0 Å². The van der Waals surface area contributed by atoms with Crippen LogP contribution in [0.25, 0.3) is 0 Å². The van der Waals surface area contributed by atoms with E-state index in [1.54, 1.807) is 16.7 Å². The van der Waals surface area contributed by atoms with Gasteiger partial charge in [0.2, 0.25) is 0 Å². The van der Waals surface area contributed by atoms with Crippen LogP contribution in [-0.4, -0.2) is 0 Å². The number of benzene rings is 2. The summed E-state index contributed by atoms with van der Waals surface area (Å²) in [5.41, 5.74) is 4.74. The van der Waals surface area contributed by atoms with Gasteiger partial charge in [-0.1, -0.05) is 120 Å². The summed E-state index contributed by atoms with van der Waals surface area (Å²) in [6.07, 6.45) is 16.1. The van der Waals surface area contributed by atoms with Crippen LogP contribution in [0.1, 0.15) is 120 Å². The number of hydrogen-bond donors (Lipinski definition) is 0. The molecule has 0 bridgehead atoms. The molecule has 29 heavy (non-hydrogen) atoms. The van der Waals surface area contributed by atoms with Crippen molar-refractivity contribution in [2.24, 2.45) is 0 Å². The molecular formula is C29H44. The summed E-state index contributed by atoms with van der Waals surface area (Å²) in [6, 6.07) is 20.3. The molecule has 2 atom stereocenters. The predicted molar refractivity (Wildman–Crippen MR) is 130 cm³/mol. The third-order valence-corrected chi connectivity index (χ3v) is 6.53. The average Bonchev–Trinajstić information content (AvgIpc) is 2.77. The van der Waals surface area contributed by atoms with Crippen LogP contribution in [-0.2, 0) is 6.42 Å². The van der Waals surface area contributed by atoms with Crippen molar-refractivity contribution in [3.8, 4) is 0 Å². The minimum absolute atomic E-state index is 0.765. The topological polar surface area (TPSA) is 0 Å². The first-order valence-corrected chi connectivity index (χ1v) is 12.4. The van der Waals surface area contributed by atoms with E-state index in [1.165, 1.54) is 70.6 Å². The van der Waals surface area contributed by atoms with E-state index in [0.717, 1.165) is 18.3 Å². The molecule has 0 aliphatic carbocycles. The Morgan fingerprint density at radius 1 is 0.552 bits per heavy atom. The molecule has 2 rings (SSSR count). The van der Waals surface area contributed by atoms with Crippen LogP contribution in [0.4, 0.5) is 0 Å². The highest BCUT2D eigenvalue weighted by molar-refractivity contribution is 5.30. The number of rotatable bonds is 15. The Morgan fingerprint density at radius 2 is 1.10 bits per heavy atom. The van der Waals surface area contributed by atoms with E-state index in [9.17, 15) is 0 Å². The van der Waals surface area contributed by atoms with Gasteiger partial charge in [0.1, 0.15) is 0 Å². The molecule has 0 aliphatic rings. The molecule has 0 aliphatic heterocycles. The van der Waals surface area contributed by atoms with Crippen molar-refractivity contribution in [2.45, 2.75) is 110 Å². The third kappa shape index (κ3) is 8.37. The standard InChI is InChI=1S/C29H44/c1-4-17-26(27-21-13-10-14-22-27)20-11-8-7-9-12-23-28(18-5-2)29-24-16-15-19-25(29)6-3/h10,13-16,19,21-22,24,26,28H,4-9,11-12,17-18,20,23H2,1-3H3. The Labute approximate surface area is 181 Å². The molecule has 0 N–H and O–H groups in total. The number of aryl methyl sites for hydroxylation is 1. The van der Waals surface area contributed by atoms with Crippen LogP contribution in [0.3, 0.4) is 0 Å². The summed E-state index contributed by atoms with van der Waals surface area (Å²) < 4.78 is 0. The highest BCUT2D eigenvalue weighted by Gasteiger charge is 2.13. The lowest BCUT2D eigenvalue weighted by atomic mass is 9.85. The molecule has 0 heterocycles. The van der Waals surface area contributed by atoms with Crippen molar-refractivity contribution < 1.29 is 0 Å². The molecule has 160 valence electrons. The number of hydrogen-bond acceptors (Lipinski definition) is 0. The molecule has 0 aromatic heterocycles. The molecule has 2 unspecified atom stereocenters. The fourth-order valence-electron chi connectivity index (χ4n) is 4.92. The highest BCUT2D eigenvalue weighted by Crippen LogP contribution is 2.31. The molecule has 0 heteroatoms. The van der Waals surface area contributed by atoms with Crippen LogP contribution in [0, 0.1) is 0 Å². The molecule has 2 aromatic carbocycles. The van der Waals surface area contributed by atoms with E-state index in [1.807, 2.05) is 0 Å². The fourth-order valence-corrected chi connectivity index (χ4v) is 4.92. The maximum absolute atomic E-state index is 2.39. The van der Waals surface area contributed by atoms with Crippen LogP contribution in [0.15, 0.2) is 54.6 Å². The van der Waals surface area contributed by atoms with Gasteiger partial charge in [-0.25, -0.2) is 0 Å². The summed E-state index contributed by atoms with van der Waals surface area (Å²) in [6.45, 7) is 6.95. The zero-order valence-electron chi connectivity index (χ0n) is 19.3. The second-order valence-electron chi connectivity index (χ2n) is 8.78. The Bertz CT molecular complexity index is 642. The monoisotopic (exact) mass is 392 g/mol. The smallest absolute Gasteiger partial charge is 0.0159 e. The van der Waals surface area contributed by atoms with Gasteiger partial charge in [0.05, 0.1) is 0 Å². The van der Waals surface area contributed by atoms with Gasteiger partial charge in [-0.15, -0.1) is 0 Å². The Hall–Kier alpha value is -1.56. The molecule has 0 saturated heterocycles. The average molecular weight is 393 g/mol. The van der Waals surface area contributed by atoms with Crippen LogP contribution >= 0.6 is 0 Å². The minimum atomic E-state index is 0.765. The Kier molecular flexibility index (Phi) is 11.8. The predicted octanol–water partition coefficient (Wildman–Crippen LogP) is 9.45. The fraction of sp³-hybridized carbons (Fsp3) is 0.586. The third-order valence-electron chi connectivity index (χ3n) is 6.53. The largest absolute Gasteiger partial charge is 0.0654 e. The molecular weight excluding hydrogens is 348 g/mol. The molecule has 0 saturated carbocycles. The zero-order valence-corrected chi connectivity index (χ0v) is 19.3. The highest BCUT2D eigenvalue weighted by atomic mass is 14.2. The maximum atomic E-state index is 2.39. The SMILES string of the molecule is CCCC(CCCCCCCC(CCC)c1ccccc1CC)c1ccccc1. The van der Waals surface area contributed by atoms with E-state index in [4.69, 9.17) is 0 Å². The van der Waals surface area contributed by atoms with E-state index >= 15 is 0 Å². The summed E-state index contributed by atoms with van der Waals surface area (Å²) >= 11 is 0. The van der Waals surface area contributed by atoms with E-state index in [2.05, 4.69) is 75.4 Å². The normalized spacial score (nSPS) is 13.3. The Morgan fingerprint density at radius 3 is 1.76 bits per heavy atom. The molecule has 2 aromatic rings. The molecule has 0 amide bonds. The van der Waals surface area contributed by atoms with Crippen molar-refractivity contribution >= 4 is 0 Å². The van der Waals surface area contributed by atoms with E-state index in [-0.39, 0.29) is 0 Å². The van der Waals surface area contributed by atoms with Gasteiger partial charge in [0.25, 0.3) is 0 Å². The van der Waals surface area contributed by atoms with Crippen molar-refractivity contribution in [1.29, 1.82) is 0 Å². The van der Waals surface area contributed by atoms with Gasteiger partial charge in [0, 0.05) is 0 Å². The van der Waals surface area contributed by atoms with Gasteiger partial charge in [-0.05, 0) is 60.6 Å². The molecule has 0 nitrogen and oxygen atoms in total. The van der Waals surface area contributed by atoms with Gasteiger partial charge >= 0.3 is 0 Å². The van der Waals surface area contributed by atoms with Gasteiger partial charge in [-0.2, -0.15) is 0 Å². The van der Waals surface area contributed by atoms with Crippen LogP contribution < -0.4 is 0 Å². The first kappa shape index (κ1) is 23.7. The number of unbranched alkanes of at least 4 members (excludes halogenated alkanes) is 4. The minimum Gasteiger partial charge on any atom is -0.0654 e. The summed E-state index contributed by atoms with van der Waals surface area (Å²) in [4.78, 5) is 0. The van der Waals surface area contributed by atoms with Gasteiger partial charge < -0.3 is 0 Å².